The molecule has 1 aliphatic rings. The number of carbonyl (C=O) groups excluding carboxylic acids is 1. The summed E-state index contributed by atoms with van der Waals surface area (Å²) in [6.07, 6.45) is 2.40. The van der Waals surface area contributed by atoms with E-state index in [0.29, 0.717) is 11.3 Å². The minimum atomic E-state index is -0.0975. The number of ketones is 1. The number of nitrogens with two attached hydrogens (primary N) is 2. The Balaban J connectivity index is 2.21. The minimum Gasteiger partial charge on any atom is -0.398 e. The van der Waals surface area contributed by atoms with Gasteiger partial charge in [-0.2, -0.15) is 0 Å². The molecule has 0 bridgehead atoms. The molecule has 98 valence electrons. The Bertz CT molecular complexity index is 437. The second-order valence-corrected chi connectivity index (χ2v) is 5.07. The first-order valence-electron chi connectivity index (χ1n) is 6.49. The Hall–Kier alpha value is -1.55. The Morgan fingerprint density at radius 2 is 2.06 bits per heavy atom. The average molecular weight is 247 g/mol. The Labute approximate surface area is 108 Å². The molecule has 0 unspecified atom stereocenters. The van der Waals surface area contributed by atoms with Crippen LogP contribution in [0.4, 0.5) is 11.4 Å². The van der Waals surface area contributed by atoms with Gasteiger partial charge in [0.25, 0.3) is 0 Å². The van der Waals surface area contributed by atoms with Crippen molar-refractivity contribution in [2.45, 2.75) is 19.8 Å². The zero-order chi connectivity index (χ0) is 13.1. The molecule has 0 spiro atoms. The first-order chi connectivity index (χ1) is 8.61. The van der Waals surface area contributed by atoms with Gasteiger partial charge in [-0.1, -0.05) is 6.92 Å². The van der Waals surface area contributed by atoms with Gasteiger partial charge in [0, 0.05) is 30.0 Å². The van der Waals surface area contributed by atoms with Gasteiger partial charge in [0.05, 0.1) is 6.54 Å². The monoisotopic (exact) mass is 247 g/mol. The maximum atomic E-state index is 11.7. The molecule has 4 heteroatoms. The van der Waals surface area contributed by atoms with E-state index in [1.807, 2.05) is 12.1 Å². The van der Waals surface area contributed by atoms with Crippen molar-refractivity contribution in [2.75, 3.05) is 30.3 Å². The second kappa shape index (κ2) is 5.40. The summed E-state index contributed by atoms with van der Waals surface area (Å²) in [6.45, 7) is 4.37. The minimum absolute atomic E-state index is 0.00465. The van der Waals surface area contributed by atoms with Crippen molar-refractivity contribution in [3.8, 4) is 0 Å². The highest BCUT2D eigenvalue weighted by Crippen LogP contribution is 2.26. The number of rotatable bonds is 3. The summed E-state index contributed by atoms with van der Waals surface area (Å²) >= 11 is 0. The SMILES string of the molecule is CC1CCN(c2ccc(N)c(C(=O)CN)c2)CC1. The second-order valence-electron chi connectivity index (χ2n) is 5.07. The van der Waals surface area contributed by atoms with Crippen molar-refractivity contribution in [3.05, 3.63) is 23.8 Å². The molecule has 4 nitrogen and oxygen atoms in total. The van der Waals surface area contributed by atoms with Gasteiger partial charge in [0.15, 0.2) is 5.78 Å². The van der Waals surface area contributed by atoms with Crippen LogP contribution in [0.25, 0.3) is 0 Å². The van der Waals surface area contributed by atoms with E-state index in [-0.39, 0.29) is 12.3 Å². The van der Waals surface area contributed by atoms with Gasteiger partial charge in [-0.05, 0) is 37.0 Å². The lowest BCUT2D eigenvalue weighted by Crippen LogP contribution is -2.33. The van der Waals surface area contributed by atoms with Crippen molar-refractivity contribution in [1.29, 1.82) is 0 Å². The molecule has 1 aromatic rings. The number of nitrogen functional groups attached to an aromatic ring is 1. The summed E-state index contributed by atoms with van der Waals surface area (Å²) in [4.78, 5) is 14.0. The largest absolute Gasteiger partial charge is 0.398 e. The number of hydrogen-bond acceptors (Lipinski definition) is 4. The molecule has 1 aromatic carbocycles. The van der Waals surface area contributed by atoms with Gasteiger partial charge in [-0.3, -0.25) is 4.79 Å². The molecule has 4 N–H and O–H groups in total. The molecule has 0 radical (unpaired) electrons. The molecule has 0 atom stereocenters. The van der Waals surface area contributed by atoms with Crippen molar-refractivity contribution >= 4 is 17.2 Å². The van der Waals surface area contributed by atoms with Gasteiger partial charge in [0.1, 0.15) is 0 Å². The molecule has 1 heterocycles. The third-order valence-electron chi connectivity index (χ3n) is 3.67. The lowest BCUT2D eigenvalue weighted by Gasteiger charge is -2.32. The molecule has 1 fully saturated rings. The van der Waals surface area contributed by atoms with E-state index in [1.165, 1.54) is 12.8 Å². The molecule has 2 rings (SSSR count). The van der Waals surface area contributed by atoms with Gasteiger partial charge in [0.2, 0.25) is 0 Å². The van der Waals surface area contributed by atoms with E-state index < -0.39 is 0 Å². The van der Waals surface area contributed by atoms with E-state index in [9.17, 15) is 4.79 Å². The molecule has 18 heavy (non-hydrogen) atoms. The van der Waals surface area contributed by atoms with Crippen molar-refractivity contribution in [2.24, 2.45) is 11.7 Å². The molecule has 1 saturated heterocycles. The highest BCUT2D eigenvalue weighted by Gasteiger charge is 2.17. The lowest BCUT2D eigenvalue weighted by molar-refractivity contribution is 0.100. The lowest BCUT2D eigenvalue weighted by atomic mass is 9.98. The number of nitrogens with zero attached hydrogens (tertiary/aromatic N) is 1. The fourth-order valence-electron chi connectivity index (χ4n) is 2.36. The quantitative estimate of drug-likeness (QED) is 0.629. The maximum Gasteiger partial charge on any atom is 0.178 e. The molecule has 0 aromatic heterocycles. The Morgan fingerprint density at radius 3 is 2.67 bits per heavy atom. The van der Waals surface area contributed by atoms with Crippen LogP contribution in [0.3, 0.4) is 0 Å². The zero-order valence-corrected chi connectivity index (χ0v) is 10.9. The van der Waals surface area contributed by atoms with Gasteiger partial charge < -0.3 is 16.4 Å². The number of carbonyl (C=O) groups is 1. The number of anilines is 2. The molecule has 1 aliphatic heterocycles. The average Bonchev–Trinajstić information content (AvgIpc) is 2.39. The van der Waals surface area contributed by atoms with Crippen molar-refractivity contribution < 1.29 is 4.79 Å². The third-order valence-corrected chi connectivity index (χ3v) is 3.67. The van der Waals surface area contributed by atoms with Crippen LogP contribution in [0.1, 0.15) is 30.1 Å². The number of benzene rings is 1. The first kappa shape index (κ1) is 12.9. The van der Waals surface area contributed by atoms with Crippen LogP contribution in [0.5, 0.6) is 0 Å². The number of piperidine rings is 1. The maximum absolute atomic E-state index is 11.7. The molecule has 0 aliphatic carbocycles. The predicted octanol–water partition coefficient (Wildman–Crippen LogP) is 1.65. The number of Topliss-reactive ketones (excluding diaryl/α,β-unsaturated/α-hetero) is 1. The van der Waals surface area contributed by atoms with Crippen LogP contribution < -0.4 is 16.4 Å². The highest BCUT2D eigenvalue weighted by molar-refractivity contribution is 6.02. The predicted molar refractivity (Wildman–Crippen MR) is 74.9 cm³/mol. The van der Waals surface area contributed by atoms with Crippen LogP contribution in [0, 0.1) is 5.92 Å². The molecule has 0 amide bonds. The van der Waals surface area contributed by atoms with E-state index in [2.05, 4.69) is 11.8 Å². The summed E-state index contributed by atoms with van der Waals surface area (Å²) < 4.78 is 0. The highest BCUT2D eigenvalue weighted by atomic mass is 16.1. The molecular formula is C14H21N3O. The first-order valence-corrected chi connectivity index (χ1v) is 6.49. The Kier molecular flexibility index (Phi) is 3.87. The summed E-state index contributed by atoms with van der Waals surface area (Å²) in [6, 6.07) is 5.66. The van der Waals surface area contributed by atoms with Gasteiger partial charge >= 0.3 is 0 Å². The Morgan fingerprint density at radius 1 is 1.39 bits per heavy atom. The summed E-state index contributed by atoms with van der Waals surface area (Å²) in [5, 5.41) is 0. The number of hydrogen-bond donors (Lipinski definition) is 2. The van der Waals surface area contributed by atoms with Crippen LogP contribution in [0.15, 0.2) is 18.2 Å². The van der Waals surface area contributed by atoms with E-state index in [4.69, 9.17) is 11.5 Å². The fraction of sp³-hybridized carbons (Fsp3) is 0.500. The van der Waals surface area contributed by atoms with Crippen molar-refractivity contribution in [1.82, 2.24) is 0 Å². The smallest absolute Gasteiger partial charge is 0.178 e. The van der Waals surface area contributed by atoms with Crippen LogP contribution in [-0.4, -0.2) is 25.4 Å². The van der Waals surface area contributed by atoms with Gasteiger partial charge in [-0.15, -0.1) is 0 Å². The summed E-state index contributed by atoms with van der Waals surface area (Å²) in [5.41, 5.74) is 13.4. The summed E-state index contributed by atoms with van der Waals surface area (Å²) in [5.74, 6) is 0.694. The van der Waals surface area contributed by atoms with E-state index >= 15 is 0 Å². The fourth-order valence-corrected chi connectivity index (χ4v) is 2.36. The standard InChI is InChI=1S/C14H21N3O/c1-10-4-6-17(7-5-10)11-2-3-13(16)12(8-11)14(18)9-15/h2-3,8,10H,4-7,9,15-16H2,1H3. The van der Waals surface area contributed by atoms with Crippen LogP contribution in [0.2, 0.25) is 0 Å². The summed E-state index contributed by atoms with van der Waals surface area (Å²) in [7, 11) is 0. The van der Waals surface area contributed by atoms with Gasteiger partial charge in [-0.25, -0.2) is 0 Å². The van der Waals surface area contributed by atoms with E-state index in [1.54, 1.807) is 6.07 Å². The van der Waals surface area contributed by atoms with Crippen LogP contribution in [-0.2, 0) is 0 Å². The van der Waals surface area contributed by atoms with E-state index in [0.717, 1.165) is 24.7 Å². The molecule has 0 saturated carbocycles. The molecular weight excluding hydrogens is 226 g/mol. The topological polar surface area (TPSA) is 72.3 Å². The normalized spacial score (nSPS) is 16.9. The third kappa shape index (κ3) is 2.64. The zero-order valence-electron chi connectivity index (χ0n) is 10.9. The van der Waals surface area contributed by atoms with Crippen molar-refractivity contribution in [3.63, 3.8) is 0 Å². The van der Waals surface area contributed by atoms with Crippen LogP contribution >= 0.6 is 0 Å².